The summed E-state index contributed by atoms with van der Waals surface area (Å²) in [5.41, 5.74) is 0.845. The second kappa shape index (κ2) is 5.49. The first-order valence-electron chi connectivity index (χ1n) is 7.53. The highest BCUT2D eigenvalue weighted by molar-refractivity contribution is 5.78. The lowest BCUT2D eigenvalue weighted by Crippen LogP contribution is -2.49. The Hall–Kier alpha value is -2.28. The van der Waals surface area contributed by atoms with Crippen LogP contribution in [0.3, 0.4) is 0 Å². The van der Waals surface area contributed by atoms with E-state index in [0.29, 0.717) is 24.3 Å². The van der Waals surface area contributed by atoms with Gasteiger partial charge in [-0.25, -0.2) is 0 Å². The first-order chi connectivity index (χ1) is 10.8. The molecule has 4 rings (SSSR count). The lowest BCUT2D eigenvalue weighted by atomic mass is 10.0. The maximum Gasteiger partial charge on any atom is 0.234 e. The molecule has 1 aliphatic carbocycles. The van der Waals surface area contributed by atoms with Crippen LogP contribution in [0.2, 0.25) is 0 Å². The Bertz CT molecular complexity index is 662. The minimum absolute atomic E-state index is 0.113. The van der Waals surface area contributed by atoms with Crippen molar-refractivity contribution < 1.29 is 9.32 Å². The predicted molar refractivity (Wildman–Crippen MR) is 77.9 cm³/mol. The second-order valence-electron chi connectivity index (χ2n) is 5.93. The summed E-state index contributed by atoms with van der Waals surface area (Å²) in [7, 11) is 0. The third-order valence-electron chi connectivity index (χ3n) is 3.98. The molecule has 1 aliphatic heterocycles. The van der Waals surface area contributed by atoms with Crippen molar-refractivity contribution in [1.82, 2.24) is 25.3 Å². The van der Waals surface area contributed by atoms with E-state index in [4.69, 9.17) is 4.52 Å². The van der Waals surface area contributed by atoms with E-state index < -0.39 is 0 Å². The third-order valence-corrected chi connectivity index (χ3v) is 3.98. The number of likely N-dealkylation sites (tertiary alicyclic amines) is 1. The Labute approximate surface area is 127 Å². The zero-order chi connectivity index (χ0) is 14.9. The van der Waals surface area contributed by atoms with Crippen molar-refractivity contribution in [3.05, 3.63) is 30.4 Å². The van der Waals surface area contributed by atoms with Gasteiger partial charge in [-0.2, -0.15) is 4.98 Å². The number of pyridine rings is 1. The average molecular weight is 299 g/mol. The Morgan fingerprint density at radius 2 is 2.27 bits per heavy atom. The summed E-state index contributed by atoms with van der Waals surface area (Å²) in [6.07, 6.45) is 5.66. The minimum atomic E-state index is 0.113. The van der Waals surface area contributed by atoms with Gasteiger partial charge < -0.3 is 9.84 Å². The van der Waals surface area contributed by atoms with Crippen LogP contribution < -0.4 is 5.32 Å². The van der Waals surface area contributed by atoms with Crippen LogP contribution in [0.15, 0.2) is 29.0 Å². The van der Waals surface area contributed by atoms with Crippen LogP contribution in [0, 0.1) is 0 Å². The molecule has 1 N–H and O–H groups in total. The van der Waals surface area contributed by atoms with Crippen molar-refractivity contribution in [2.45, 2.75) is 24.8 Å². The molecular weight excluding hydrogens is 282 g/mol. The molecular formula is C15H17N5O2. The molecule has 0 spiro atoms. The zero-order valence-electron chi connectivity index (χ0n) is 12.1. The molecule has 2 aromatic heterocycles. The molecule has 7 nitrogen and oxygen atoms in total. The highest BCUT2D eigenvalue weighted by Crippen LogP contribution is 2.27. The fourth-order valence-electron chi connectivity index (χ4n) is 2.57. The van der Waals surface area contributed by atoms with Gasteiger partial charge >= 0.3 is 0 Å². The third kappa shape index (κ3) is 2.85. The summed E-state index contributed by atoms with van der Waals surface area (Å²) in [5, 5.41) is 6.99. The van der Waals surface area contributed by atoms with Crippen LogP contribution >= 0.6 is 0 Å². The van der Waals surface area contributed by atoms with Gasteiger partial charge in [-0.15, -0.1) is 0 Å². The SMILES string of the molecule is O=C(CN1CC(c2nc(-c3cccnc3)no2)C1)NC1CC1. The number of aromatic nitrogens is 3. The first-order valence-corrected chi connectivity index (χ1v) is 7.53. The molecule has 7 heteroatoms. The van der Waals surface area contributed by atoms with Gasteiger partial charge in [-0.05, 0) is 25.0 Å². The highest BCUT2D eigenvalue weighted by Gasteiger charge is 2.34. The minimum Gasteiger partial charge on any atom is -0.352 e. The monoisotopic (exact) mass is 299 g/mol. The van der Waals surface area contributed by atoms with E-state index in [2.05, 4.69) is 25.3 Å². The number of rotatable bonds is 5. The van der Waals surface area contributed by atoms with Crippen molar-refractivity contribution >= 4 is 5.91 Å². The van der Waals surface area contributed by atoms with Crippen LogP contribution in [-0.4, -0.2) is 51.6 Å². The fraction of sp³-hybridized carbons (Fsp3) is 0.467. The van der Waals surface area contributed by atoms with Crippen molar-refractivity contribution in [1.29, 1.82) is 0 Å². The van der Waals surface area contributed by atoms with Gasteiger partial charge in [-0.1, -0.05) is 5.16 Å². The van der Waals surface area contributed by atoms with Crippen LogP contribution in [0.4, 0.5) is 0 Å². The van der Waals surface area contributed by atoms with Gasteiger partial charge in [-0.3, -0.25) is 14.7 Å². The molecule has 2 fully saturated rings. The van der Waals surface area contributed by atoms with Gasteiger partial charge in [0.05, 0.1) is 12.5 Å². The Morgan fingerprint density at radius 1 is 1.41 bits per heavy atom. The summed E-state index contributed by atoms with van der Waals surface area (Å²) >= 11 is 0. The van der Waals surface area contributed by atoms with Crippen molar-refractivity contribution in [2.24, 2.45) is 0 Å². The van der Waals surface area contributed by atoms with E-state index in [0.717, 1.165) is 31.5 Å². The lowest BCUT2D eigenvalue weighted by molar-refractivity contribution is -0.123. The van der Waals surface area contributed by atoms with Gasteiger partial charge in [0.1, 0.15) is 0 Å². The summed E-state index contributed by atoms with van der Waals surface area (Å²) in [5.74, 6) is 1.53. The molecule has 2 aliphatic rings. The van der Waals surface area contributed by atoms with E-state index in [1.54, 1.807) is 12.4 Å². The first kappa shape index (κ1) is 13.4. The van der Waals surface area contributed by atoms with Crippen LogP contribution in [-0.2, 0) is 4.79 Å². The molecule has 1 saturated heterocycles. The Kier molecular flexibility index (Phi) is 3.34. The number of hydrogen-bond acceptors (Lipinski definition) is 6. The molecule has 0 bridgehead atoms. The summed E-state index contributed by atoms with van der Waals surface area (Å²) in [6.45, 7) is 2.02. The smallest absolute Gasteiger partial charge is 0.234 e. The molecule has 3 heterocycles. The summed E-state index contributed by atoms with van der Waals surface area (Å²) in [6, 6.07) is 4.16. The second-order valence-corrected chi connectivity index (χ2v) is 5.93. The standard InChI is InChI=1S/C15H17N5O2/c21-13(17-12-3-4-12)9-20-7-11(8-20)15-18-14(19-22-15)10-2-1-5-16-6-10/h1-2,5-6,11-12H,3-4,7-9H2,(H,17,21). The average Bonchev–Trinajstić information content (AvgIpc) is 3.17. The quantitative estimate of drug-likeness (QED) is 0.879. The van der Waals surface area contributed by atoms with Gasteiger partial charge in [0.2, 0.25) is 17.6 Å². The number of nitrogens with zero attached hydrogens (tertiary/aromatic N) is 4. The van der Waals surface area contributed by atoms with Crippen molar-refractivity contribution in [3.8, 4) is 11.4 Å². The summed E-state index contributed by atoms with van der Waals surface area (Å²) in [4.78, 5) is 22.3. The van der Waals surface area contributed by atoms with E-state index >= 15 is 0 Å². The molecule has 114 valence electrons. The molecule has 1 amide bonds. The van der Waals surface area contributed by atoms with E-state index in [1.807, 2.05) is 12.1 Å². The molecule has 0 radical (unpaired) electrons. The molecule has 22 heavy (non-hydrogen) atoms. The maximum atomic E-state index is 11.7. The Morgan fingerprint density at radius 3 is 3.00 bits per heavy atom. The van der Waals surface area contributed by atoms with Gasteiger partial charge in [0, 0.05) is 37.1 Å². The van der Waals surface area contributed by atoms with E-state index in [-0.39, 0.29) is 11.8 Å². The lowest BCUT2D eigenvalue weighted by Gasteiger charge is -2.36. The zero-order valence-corrected chi connectivity index (χ0v) is 12.1. The number of carbonyl (C=O) groups excluding carboxylic acids is 1. The Balaban J connectivity index is 1.31. The largest absolute Gasteiger partial charge is 0.352 e. The molecule has 0 atom stereocenters. The topological polar surface area (TPSA) is 84.2 Å². The van der Waals surface area contributed by atoms with Crippen LogP contribution in [0.5, 0.6) is 0 Å². The highest BCUT2D eigenvalue weighted by atomic mass is 16.5. The molecule has 0 aromatic carbocycles. The van der Waals surface area contributed by atoms with Crippen LogP contribution in [0.1, 0.15) is 24.7 Å². The normalized spacial score (nSPS) is 18.9. The maximum absolute atomic E-state index is 11.7. The van der Waals surface area contributed by atoms with Gasteiger partial charge in [0.25, 0.3) is 0 Å². The molecule has 0 unspecified atom stereocenters. The van der Waals surface area contributed by atoms with Gasteiger partial charge in [0.15, 0.2) is 0 Å². The number of nitrogens with one attached hydrogen (secondary N) is 1. The van der Waals surface area contributed by atoms with E-state index in [9.17, 15) is 4.79 Å². The number of hydrogen-bond donors (Lipinski definition) is 1. The number of amides is 1. The summed E-state index contributed by atoms with van der Waals surface area (Å²) < 4.78 is 5.33. The fourth-order valence-corrected chi connectivity index (χ4v) is 2.57. The number of carbonyl (C=O) groups is 1. The molecule has 1 saturated carbocycles. The van der Waals surface area contributed by atoms with E-state index in [1.165, 1.54) is 0 Å². The van der Waals surface area contributed by atoms with Crippen molar-refractivity contribution in [3.63, 3.8) is 0 Å². The van der Waals surface area contributed by atoms with Crippen LogP contribution in [0.25, 0.3) is 11.4 Å². The molecule has 2 aromatic rings. The predicted octanol–water partition coefficient (Wildman–Crippen LogP) is 0.809. The van der Waals surface area contributed by atoms with Crippen molar-refractivity contribution in [2.75, 3.05) is 19.6 Å².